The molecule has 106 valence electrons. The second kappa shape index (κ2) is 6.85. The molecule has 0 bridgehead atoms. The molecule has 0 aromatic carbocycles. The highest BCUT2D eigenvalue weighted by molar-refractivity contribution is 5.37. The van der Waals surface area contributed by atoms with Gasteiger partial charge in [-0.2, -0.15) is 0 Å². The Morgan fingerprint density at radius 3 is 2.68 bits per heavy atom. The highest BCUT2D eigenvalue weighted by Gasteiger charge is 2.20. The minimum atomic E-state index is 0.434. The first-order valence-corrected chi connectivity index (χ1v) is 7.41. The zero-order valence-electron chi connectivity index (χ0n) is 12.3. The van der Waals surface area contributed by atoms with E-state index < -0.39 is 0 Å². The van der Waals surface area contributed by atoms with Crippen molar-refractivity contribution in [3.63, 3.8) is 0 Å². The molecule has 0 aliphatic carbocycles. The topological polar surface area (TPSA) is 47.0 Å². The molecule has 0 atom stereocenters. The van der Waals surface area contributed by atoms with Crippen molar-refractivity contribution in [2.24, 2.45) is 0 Å². The predicted octanol–water partition coefficient (Wildman–Crippen LogP) is 3.32. The van der Waals surface area contributed by atoms with Gasteiger partial charge in [-0.05, 0) is 25.2 Å². The van der Waals surface area contributed by atoms with Gasteiger partial charge in [-0.3, -0.25) is 0 Å². The fourth-order valence-corrected chi connectivity index (χ4v) is 2.26. The fourth-order valence-electron chi connectivity index (χ4n) is 2.26. The van der Waals surface area contributed by atoms with Gasteiger partial charge in [0.25, 0.3) is 0 Å². The first kappa shape index (κ1) is 14.3. The van der Waals surface area contributed by atoms with Crippen molar-refractivity contribution in [3.8, 4) is 0 Å². The predicted molar refractivity (Wildman–Crippen MR) is 77.7 cm³/mol. The Labute approximate surface area is 116 Å². The smallest absolute Gasteiger partial charge is 0.134 e. The molecule has 1 N–H and O–H groups in total. The van der Waals surface area contributed by atoms with Crippen LogP contribution in [0.4, 0.5) is 5.82 Å². The maximum Gasteiger partial charge on any atom is 0.134 e. The highest BCUT2D eigenvalue weighted by Crippen LogP contribution is 2.26. The number of hydrogen-bond acceptors (Lipinski definition) is 4. The average Bonchev–Trinajstić information content (AvgIpc) is 2.45. The van der Waals surface area contributed by atoms with Crippen molar-refractivity contribution in [3.05, 3.63) is 17.6 Å². The monoisotopic (exact) mass is 263 g/mol. The molecule has 2 rings (SSSR count). The number of aromatic nitrogens is 2. The van der Waals surface area contributed by atoms with E-state index in [1.165, 1.54) is 0 Å². The van der Waals surface area contributed by atoms with Gasteiger partial charge < -0.3 is 10.1 Å². The molecule has 0 radical (unpaired) electrons. The van der Waals surface area contributed by atoms with E-state index in [4.69, 9.17) is 14.7 Å². The average molecular weight is 263 g/mol. The molecule has 2 heterocycles. The Morgan fingerprint density at radius 1 is 1.32 bits per heavy atom. The van der Waals surface area contributed by atoms with Gasteiger partial charge in [0.05, 0.1) is 0 Å². The molecule has 1 fully saturated rings. The summed E-state index contributed by atoms with van der Waals surface area (Å²) in [5.41, 5.74) is 1.13. The third-order valence-corrected chi connectivity index (χ3v) is 3.50. The number of anilines is 1. The van der Waals surface area contributed by atoms with E-state index in [1.807, 2.05) is 0 Å². The summed E-state index contributed by atoms with van der Waals surface area (Å²) >= 11 is 0. The minimum absolute atomic E-state index is 0.434. The molecule has 1 saturated heterocycles. The Balaban J connectivity index is 2.22. The highest BCUT2D eigenvalue weighted by atomic mass is 16.5. The molecular weight excluding hydrogens is 238 g/mol. The first-order chi connectivity index (χ1) is 9.20. The molecule has 4 heteroatoms. The molecule has 0 spiro atoms. The summed E-state index contributed by atoms with van der Waals surface area (Å²) in [4.78, 5) is 9.46. The van der Waals surface area contributed by atoms with Crippen LogP contribution < -0.4 is 5.32 Å². The Bertz CT molecular complexity index is 400. The van der Waals surface area contributed by atoms with Gasteiger partial charge in [0.2, 0.25) is 0 Å². The second-order valence-corrected chi connectivity index (χ2v) is 5.50. The van der Waals surface area contributed by atoms with Gasteiger partial charge in [-0.25, -0.2) is 9.97 Å². The van der Waals surface area contributed by atoms with Crippen LogP contribution in [-0.2, 0) is 4.74 Å². The molecule has 1 aromatic rings. The van der Waals surface area contributed by atoms with Gasteiger partial charge in [0, 0.05) is 37.4 Å². The lowest BCUT2D eigenvalue weighted by Gasteiger charge is -2.22. The molecule has 0 unspecified atom stereocenters. The Morgan fingerprint density at radius 2 is 2.05 bits per heavy atom. The van der Waals surface area contributed by atoms with E-state index in [9.17, 15) is 0 Å². The normalized spacial score (nSPS) is 16.8. The van der Waals surface area contributed by atoms with Crippen LogP contribution in [0.3, 0.4) is 0 Å². The van der Waals surface area contributed by atoms with E-state index in [0.717, 1.165) is 56.4 Å². The maximum atomic E-state index is 5.42. The van der Waals surface area contributed by atoms with E-state index >= 15 is 0 Å². The molecule has 0 amide bonds. The quantitative estimate of drug-likeness (QED) is 0.885. The van der Waals surface area contributed by atoms with Gasteiger partial charge in [0.1, 0.15) is 11.6 Å². The van der Waals surface area contributed by atoms with Crippen molar-refractivity contribution in [1.29, 1.82) is 0 Å². The summed E-state index contributed by atoms with van der Waals surface area (Å²) < 4.78 is 5.42. The van der Waals surface area contributed by atoms with Crippen molar-refractivity contribution in [2.75, 3.05) is 25.1 Å². The first-order valence-electron chi connectivity index (χ1n) is 7.41. The number of nitrogens with one attached hydrogen (secondary N) is 1. The molecule has 1 aliphatic heterocycles. The second-order valence-electron chi connectivity index (χ2n) is 5.50. The zero-order valence-corrected chi connectivity index (χ0v) is 12.3. The molecule has 4 nitrogen and oxygen atoms in total. The van der Waals surface area contributed by atoms with Gasteiger partial charge in [0.15, 0.2) is 0 Å². The maximum absolute atomic E-state index is 5.42. The zero-order chi connectivity index (χ0) is 13.7. The number of rotatable bonds is 5. The summed E-state index contributed by atoms with van der Waals surface area (Å²) in [7, 11) is 0. The summed E-state index contributed by atoms with van der Waals surface area (Å²) in [5, 5.41) is 3.39. The Hall–Kier alpha value is -1.16. The van der Waals surface area contributed by atoms with Gasteiger partial charge in [-0.1, -0.05) is 20.8 Å². The largest absolute Gasteiger partial charge is 0.381 e. The van der Waals surface area contributed by atoms with Crippen molar-refractivity contribution >= 4 is 5.82 Å². The molecule has 1 aliphatic rings. The standard InChI is InChI=1S/C15H25N3O/c1-4-7-16-14-10-13(11(2)3)17-15(18-14)12-5-8-19-9-6-12/h10-12H,4-9H2,1-3H3,(H,16,17,18). The lowest BCUT2D eigenvalue weighted by atomic mass is 9.99. The van der Waals surface area contributed by atoms with Crippen molar-refractivity contribution < 1.29 is 4.74 Å². The van der Waals surface area contributed by atoms with Crippen LogP contribution in [0.15, 0.2) is 6.07 Å². The van der Waals surface area contributed by atoms with Gasteiger partial charge >= 0.3 is 0 Å². The van der Waals surface area contributed by atoms with E-state index in [1.54, 1.807) is 0 Å². The van der Waals surface area contributed by atoms with Gasteiger partial charge in [-0.15, -0.1) is 0 Å². The lowest BCUT2D eigenvalue weighted by molar-refractivity contribution is 0.0835. The molecule has 1 aromatic heterocycles. The van der Waals surface area contributed by atoms with E-state index in [-0.39, 0.29) is 0 Å². The molecule has 0 saturated carbocycles. The lowest BCUT2D eigenvalue weighted by Crippen LogP contribution is -2.18. The van der Waals surface area contributed by atoms with E-state index in [0.29, 0.717) is 11.8 Å². The fraction of sp³-hybridized carbons (Fsp3) is 0.733. The van der Waals surface area contributed by atoms with Crippen molar-refractivity contribution in [1.82, 2.24) is 9.97 Å². The minimum Gasteiger partial charge on any atom is -0.381 e. The number of nitrogens with zero attached hydrogens (tertiary/aromatic N) is 2. The SMILES string of the molecule is CCCNc1cc(C(C)C)nc(C2CCOCC2)n1. The Kier molecular flexibility index (Phi) is 5.14. The molecular formula is C15H25N3O. The third-order valence-electron chi connectivity index (χ3n) is 3.50. The molecule has 19 heavy (non-hydrogen) atoms. The third kappa shape index (κ3) is 3.90. The van der Waals surface area contributed by atoms with Crippen LogP contribution in [0.5, 0.6) is 0 Å². The van der Waals surface area contributed by atoms with Crippen LogP contribution in [-0.4, -0.2) is 29.7 Å². The summed E-state index contributed by atoms with van der Waals surface area (Å²) in [5.74, 6) is 2.86. The van der Waals surface area contributed by atoms with Crippen LogP contribution in [0.25, 0.3) is 0 Å². The van der Waals surface area contributed by atoms with Crippen LogP contribution in [0.2, 0.25) is 0 Å². The summed E-state index contributed by atoms with van der Waals surface area (Å²) in [6.45, 7) is 9.15. The summed E-state index contributed by atoms with van der Waals surface area (Å²) in [6.07, 6.45) is 3.18. The van der Waals surface area contributed by atoms with Crippen LogP contribution in [0, 0.1) is 0 Å². The van der Waals surface area contributed by atoms with Crippen LogP contribution >= 0.6 is 0 Å². The van der Waals surface area contributed by atoms with E-state index in [2.05, 4.69) is 32.2 Å². The number of hydrogen-bond donors (Lipinski definition) is 1. The van der Waals surface area contributed by atoms with Crippen LogP contribution in [0.1, 0.15) is 63.4 Å². The number of ether oxygens (including phenoxy) is 1. The summed E-state index contributed by atoms with van der Waals surface area (Å²) in [6, 6.07) is 2.09. The van der Waals surface area contributed by atoms with Crippen molar-refractivity contribution in [2.45, 2.75) is 51.9 Å².